The predicted molar refractivity (Wildman–Crippen MR) is 78.4 cm³/mol. The second kappa shape index (κ2) is 6.54. The third-order valence-corrected chi connectivity index (χ3v) is 3.58. The molecule has 20 heavy (non-hydrogen) atoms. The van der Waals surface area contributed by atoms with Crippen molar-refractivity contribution in [2.24, 2.45) is 0 Å². The lowest BCUT2D eigenvalue weighted by Gasteiger charge is -2.08. The van der Waals surface area contributed by atoms with E-state index < -0.39 is 5.82 Å². The van der Waals surface area contributed by atoms with E-state index in [1.807, 2.05) is 0 Å². The van der Waals surface area contributed by atoms with Gasteiger partial charge in [-0.15, -0.1) is 11.6 Å². The van der Waals surface area contributed by atoms with Crippen molar-refractivity contribution in [1.29, 1.82) is 0 Å². The third kappa shape index (κ3) is 3.12. The lowest BCUT2D eigenvalue weighted by Crippen LogP contribution is -2.15. The summed E-state index contributed by atoms with van der Waals surface area (Å²) in [5, 5.41) is 0. The Labute approximate surface area is 129 Å². The molecule has 2 rings (SSSR count). The van der Waals surface area contributed by atoms with E-state index in [2.05, 4.69) is 20.9 Å². The molecule has 0 saturated carbocycles. The molecule has 0 unspecified atom stereocenters. The average Bonchev–Trinajstić information content (AvgIpc) is 2.69. The number of imidazole rings is 1. The number of hydrogen-bond acceptors (Lipinski definition) is 3. The molecule has 108 valence electrons. The van der Waals surface area contributed by atoms with Crippen molar-refractivity contribution < 1.29 is 13.9 Å². The summed E-state index contributed by atoms with van der Waals surface area (Å²) in [6, 6.07) is 2.94. The molecule has 0 amide bonds. The van der Waals surface area contributed by atoms with Crippen LogP contribution in [0, 0.1) is 5.82 Å². The molecule has 0 spiro atoms. The highest BCUT2D eigenvalue weighted by Gasteiger charge is 2.16. The monoisotopic (exact) mass is 362 g/mol. The zero-order chi connectivity index (χ0) is 14.7. The van der Waals surface area contributed by atoms with Gasteiger partial charge in [0.15, 0.2) is 0 Å². The average molecular weight is 364 g/mol. The summed E-state index contributed by atoms with van der Waals surface area (Å²) >= 11 is 8.88. The molecule has 0 bridgehead atoms. The molecule has 7 heteroatoms. The molecular formula is C13H13BrClFN2O2. The summed E-state index contributed by atoms with van der Waals surface area (Å²) < 4.78 is 20.5. The number of hydrogen-bond donors (Lipinski definition) is 0. The molecule has 0 aliphatic carbocycles. The molecule has 4 nitrogen and oxygen atoms in total. The summed E-state index contributed by atoms with van der Waals surface area (Å²) in [5.41, 5.74) is 1.17. The van der Waals surface area contributed by atoms with E-state index in [0.717, 1.165) is 0 Å². The number of carbonyl (C=O) groups is 1. The summed E-state index contributed by atoms with van der Waals surface area (Å²) in [4.78, 5) is 16.0. The summed E-state index contributed by atoms with van der Waals surface area (Å²) in [6.07, 6.45) is 0.495. The molecule has 0 fully saturated rings. The summed E-state index contributed by atoms with van der Waals surface area (Å²) in [7, 11) is 0. The molecule has 0 radical (unpaired) electrons. The van der Waals surface area contributed by atoms with Crippen LogP contribution < -0.4 is 0 Å². The lowest BCUT2D eigenvalue weighted by molar-refractivity contribution is -0.143. The third-order valence-electron chi connectivity index (χ3n) is 2.78. The van der Waals surface area contributed by atoms with E-state index in [1.54, 1.807) is 17.6 Å². The number of halogens is 3. The number of alkyl halides is 1. The number of fused-ring (bicyclic) bond motifs is 1. The first kappa shape index (κ1) is 15.3. The smallest absolute Gasteiger partial charge is 0.326 e. The van der Waals surface area contributed by atoms with E-state index in [9.17, 15) is 9.18 Å². The largest absolute Gasteiger partial charge is 0.465 e. The van der Waals surface area contributed by atoms with Crippen LogP contribution in [0.2, 0.25) is 0 Å². The van der Waals surface area contributed by atoms with E-state index >= 15 is 0 Å². The quantitative estimate of drug-likeness (QED) is 0.605. The first-order valence-electron chi connectivity index (χ1n) is 6.12. The maximum Gasteiger partial charge on any atom is 0.326 e. The van der Waals surface area contributed by atoms with Crippen LogP contribution in [0.25, 0.3) is 11.0 Å². The highest BCUT2D eigenvalue weighted by Crippen LogP contribution is 2.24. The Bertz CT molecular complexity index is 645. The first-order valence-corrected chi connectivity index (χ1v) is 7.45. The maximum atomic E-state index is 13.5. The van der Waals surface area contributed by atoms with Gasteiger partial charge in [0.05, 0.1) is 22.1 Å². The van der Waals surface area contributed by atoms with Gasteiger partial charge in [-0.2, -0.15) is 0 Å². The second-order valence-corrected chi connectivity index (χ2v) is 5.35. The van der Waals surface area contributed by atoms with Crippen molar-refractivity contribution in [1.82, 2.24) is 9.55 Å². The van der Waals surface area contributed by atoms with Crippen molar-refractivity contribution in [3.05, 3.63) is 28.2 Å². The van der Waals surface area contributed by atoms with Gasteiger partial charge in [0.25, 0.3) is 0 Å². The number of esters is 1. The molecule has 1 aromatic heterocycles. The molecular weight excluding hydrogens is 351 g/mol. The van der Waals surface area contributed by atoms with Crippen molar-refractivity contribution in [3.8, 4) is 0 Å². The van der Waals surface area contributed by atoms with E-state index in [0.29, 0.717) is 40.2 Å². The van der Waals surface area contributed by atoms with Gasteiger partial charge in [-0.3, -0.25) is 4.79 Å². The van der Waals surface area contributed by atoms with Gasteiger partial charge >= 0.3 is 5.97 Å². The zero-order valence-corrected chi connectivity index (χ0v) is 13.2. The Morgan fingerprint density at radius 1 is 1.55 bits per heavy atom. The Hall–Kier alpha value is -1.14. The Kier molecular flexibility index (Phi) is 4.99. The van der Waals surface area contributed by atoms with Gasteiger partial charge in [0, 0.05) is 18.4 Å². The molecule has 1 aromatic carbocycles. The van der Waals surface area contributed by atoms with Crippen LogP contribution in [0.1, 0.15) is 12.7 Å². The molecule has 1 heterocycles. The minimum absolute atomic E-state index is 0.0363. The van der Waals surface area contributed by atoms with E-state index in [4.69, 9.17) is 16.3 Å². The van der Waals surface area contributed by atoms with Gasteiger partial charge < -0.3 is 9.30 Å². The number of ether oxygens (including phenoxy) is 1. The SMILES string of the molecule is CCOC(=O)Cn1c(CCCl)nc2cc(F)c(Br)cc21. The molecule has 0 aliphatic rings. The minimum Gasteiger partial charge on any atom is -0.465 e. The predicted octanol–water partition coefficient (Wildman–Crippen LogP) is 3.28. The first-order chi connectivity index (χ1) is 9.56. The van der Waals surface area contributed by atoms with Crippen LogP contribution in [0.15, 0.2) is 16.6 Å². The van der Waals surface area contributed by atoms with Crippen molar-refractivity contribution in [2.75, 3.05) is 12.5 Å². The fourth-order valence-electron chi connectivity index (χ4n) is 1.96. The normalized spacial score (nSPS) is 11.0. The number of carbonyl (C=O) groups excluding carboxylic acids is 1. The van der Waals surface area contributed by atoms with Gasteiger partial charge in [-0.05, 0) is 28.9 Å². The molecule has 0 N–H and O–H groups in total. The molecule has 0 aliphatic heterocycles. The number of aryl methyl sites for hydroxylation is 1. The van der Waals surface area contributed by atoms with Crippen LogP contribution in [0.4, 0.5) is 4.39 Å². The van der Waals surface area contributed by atoms with Crippen LogP contribution in [-0.4, -0.2) is 28.0 Å². The Morgan fingerprint density at radius 2 is 2.30 bits per heavy atom. The fourth-order valence-corrected chi connectivity index (χ4v) is 2.46. The number of rotatable bonds is 5. The van der Waals surface area contributed by atoms with Gasteiger partial charge in [0.2, 0.25) is 0 Å². The van der Waals surface area contributed by atoms with Crippen LogP contribution >= 0.6 is 27.5 Å². The van der Waals surface area contributed by atoms with Gasteiger partial charge in [0.1, 0.15) is 18.2 Å². The highest BCUT2D eigenvalue weighted by molar-refractivity contribution is 9.10. The van der Waals surface area contributed by atoms with Crippen molar-refractivity contribution in [2.45, 2.75) is 19.9 Å². The topological polar surface area (TPSA) is 44.1 Å². The molecule has 0 atom stereocenters. The number of benzene rings is 1. The molecule has 2 aromatic rings. The fraction of sp³-hybridized carbons (Fsp3) is 0.385. The standard InChI is InChI=1S/C13H13BrClFN2O2/c1-2-20-13(19)7-18-11-5-8(14)9(16)6-10(11)17-12(18)3-4-15/h5-6H,2-4,7H2,1H3. The minimum atomic E-state index is -0.393. The Morgan fingerprint density at radius 3 is 2.95 bits per heavy atom. The van der Waals surface area contributed by atoms with Gasteiger partial charge in [-0.1, -0.05) is 0 Å². The Balaban J connectivity index is 2.50. The molecule has 0 saturated heterocycles. The summed E-state index contributed by atoms with van der Waals surface area (Å²) in [6.45, 7) is 2.10. The van der Waals surface area contributed by atoms with Crippen LogP contribution in [-0.2, 0) is 22.5 Å². The number of aromatic nitrogens is 2. The van der Waals surface area contributed by atoms with Gasteiger partial charge in [-0.25, -0.2) is 9.37 Å². The highest BCUT2D eigenvalue weighted by atomic mass is 79.9. The summed E-state index contributed by atoms with van der Waals surface area (Å²) in [5.74, 6) is 0.259. The number of nitrogens with zero attached hydrogens (tertiary/aromatic N) is 2. The van der Waals surface area contributed by atoms with Crippen molar-refractivity contribution in [3.63, 3.8) is 0 Å². The van der Waals surface area contributed by atoms with Crippen LogP contribution in [0.3, 0.4) is 0 Å². The zero-order valence-electron chi connectivity index (χ0n) is 10.8. The maximum absolute atomic E-state index is 13.5. The second-order valence-electron chi connectivity index (χ2n) is 4.11. The van der Waals surface area contributed by atoms with E-state index in [-0.39, 0.29) is 12.5 Å². The lowest BCUT2D eigenvalue weighted by atomic mass is 10.3. The van der Waals surface area contributed by atoms with Crippen molar-refractivity contribution >= 4 is 44.5 Å². The van der Waals surface area contributed by atoms with Crippen LogP contribution in [0.5, 0.6) is 0 Å². The van der Waals surface area contributed by atoms with E-state index in [1.165, 1.54) is 6.07 Å².